The van der Waals surface area contributed by atoms with Crippen LogP contribution in [0.5, 0.6) is 0 Å². The zero-order valence-corrected chi connectivity index (χ0v) is 4.50. The van der Waals surface area contributed by atoms with Gasteiger partial charge in [-0.2, -0.15) is 0 Å². The van der Waals surface area contributed by atoms with Crippen LogP contribution in [0.3, 0.4) is 0 Å². The molecule has 0 heterocycles. The molecule has 7 heavy (non-hydrogen) atoms. The second-order valence-electron chi connectivity index (χ2n) is 1.85. The van der Waals surface area contributed by atoms with Gasteiger partial charge in [0, 0.05) is 0 Å². The minimum atomic E-state index is -0.901. The van der Waals surface area contributed by atoms with E-state index in [1.807, 2.05) is 0 Å². The summed E-state index contributed by atoms with van der Waals surface area (Å²) in [4.78, 5) is 0. The minimum Gasteiger partial charge on any atom is -0.383 e. The Balaban J connectivity index is 2.55. The highest BCUT2D eigenvalue weighted by molar-refractivity contribution is 6.66. The maximum atomic E-state index is 8.85. The van der Waals surface area contributed by atoms with Crippen LogP contribution in [0.25, 0.3) is 0 Å². The maximum absolute atomic E-state index is 8.85. The topological polar surface area (TPSA) is 44.1 Å². The Morgan fingerprint density at radius 2 is 2.14 bits per heavy atom. The third-order valence-electron chi connectivity index (χ3n) is 1.13. The van der Waals surface area contributed by atoms with Crippen molar-refractivity contribution in [2.45, 2.75) is 18.4 Å². The largest absolute Gasteiger partial charge is 0.383 e. The molecule has 0 unspecified atom stereocenters. The van der Waals surface area contributed by atoms with Gasteiger partial charge in [0.1, 0.15) is 10.8 Å². The molecule has 1 aliphatic carbocycles. The summed E-state index contributed by atoms with van der Waals surface area (Å²) in [6.45, 7) is 0. The predicted molar refractivity (Wildman–Crippen MR) is 27.8 cm³/mol. The summed E-state index contributed by atoms with van der Waals surface area (Å²) in [7, 11) is 0. The smallest absolute Gasteiger partial charge is 0.129 e. The van der Waals surface area contributed by atoms with Gasteiger partial charge >= 0.3 is 0 Å². The molecule has 3 heteroatoms. The molecule has 2 N–H and O–H groups in total. The van der Waals surface area contributed by atoms with Crippen molar-refractivity contribution in [3.05, 3.63) is 0 Å². The van der Waals surface area contributed by atoms with Crippen LogP contribution in [0.1, 0.15) is 12.8 Å². The summed E-state index contributed by atoms with van der Waals surface area (Å²) < 4.78 is 0. The molecule has 2 nitrogen and oxygen atoms in total. The SMILES string of the molecule is N=C(Cl)C1(O)CC1. The molecule has 0 aromatic carbocycles. The van der Waals surface area contributed by atoms with Crippen LogP contribution in [-0.4, -0.2) is 15.9 Å². The first kappa shape index (κ1) is 5.06. The lowest BCUT2D eigenvalue weighted by molar-refractivity contribution is 0.224. The van der Waals surface area contributed by atoms with E-state index in [1.165, 1.54) is 0 Å². The number of hydrogen-bond donors (Lipinski definition) is 2. The first-order chi connectivity index (χ1) is 3.15. The summed E-state index contributed by atoms with van der Waals surface area (Å²) in [5.74, 6) is 0. The Kier molecular flexibility index (Phi) is 0.869. The van der Waals surface area contributed by atoms with Gasteiger partial charge in [0.25, 0.3) is 0 Å². The van der Waals surface area contributed by atoms with Gasteiger partial charge in [0.05, 0.1) is 0 Å². The molecule has 1 saturated carbocycles. The molecular formula is C4H6ClNO. The molecule has 0 bridgehead atoms. The lowest BCUT2D eigenvalue weighted by Gasteiger charge is -1.97. The standard InChI is InChI=1S/C4H6ClNO/c5-3(6)4(7)1-2-4/h6-7H,1-2H2. The highest BCUT2D eigenvalue weighted by Crippen LogP contribution is 2.36. The molecule has 0 atom stereocenters. The Bertz CT molecular complexity index is 108. The first-order valence-electron chi connectivity index (χ1n) is 2.12. The van der Waals surface area contributed by atoms with E-state index < -0.39 is 5.60 Å². The minimum absolute atomic E-state index is 0.118. The Morgan fingerprint density at radius 1 is 1.71 bits per heavy atom. The van der Waals surface area contributed by atoms with Crippen molar-refractivity contribution >= 4 is 16.8 Å². The molecule has 0 amide bonds. The molecule has 0 aliphatic heterocycles. The van der Waals surface area contributed by atoms with E-state index in [0.717, 1.165) is 0 Å². The molecule has 0 spiro atoms. The van der Waals surface area contributed by atoms with Gasteiger partial charge in [-0.3, -0.25) is 5.41 Å². The van der Waals surface area contributed by atoms with E-state index in [0.29, 0.717) is 12.8 Å². The van der Waals surface area contributed by atoms with Gasteiger partial charge in [0.15, 0.2) is 0 Å². The number of aliphatic hydroxyl groups is 1. The average Bonchev–Trinajstić information content (AvgIpc) is 2.21. The molecule has 1 rings (SSSR count). The normalized spacial score (nSPS) is 24.3. The van der Waals surface area contributed by atoms with Crippen LogP contribution >= 0.6 is 11.6 Å². The van der Waals surface area contributed by atoms with Crippen LogP contribution in [0.15, 0.2) is 0 Å². The van der Waals surface area contributed by atoms with E-state index in [2.05, 4.69) is 0 Å². The van der Waals surface area contributed by atoms with Gasteiger partial charge in [0.2, 0.25) is 0 Å². The fraction of sp³-hybridized carbons (Fsp3) is 0.750. The summed E-state index contributed by atoms with van der Waals surface area (Å²) in [6, 6.07) is 0. The van der Waals surface area contributed by atoms with Gasteiger partial charge in [-0.1, -0.05) is 11.6 Å². The van der Waals surface area contributed by atoms with Crippen molar-refractivity contribution in [2.75, 3.05) is 0 Å². The molecule has 40 valence electrons. The highest BCUT2D eigenvalue weighted by Gasteiger charge is 2.44. The Morgan fingerprint density at radius 3 is 2.14 bits per heavy atom. The lowest BCUT2D eigenvalue weighted by Crippen LogP contribution is -2.14. The molecule has 1 fully saturated rings. The summed E-state index contributed by atoms with van der Waals surface area (Å²) >= 11 is 5.15. The number of halogens is 1. The summed E-state index contributed by atoms with van der Waals surface area (Å²) in [5, 5.41) is 15.5. The third-order valence-corrected chi connectivity index (χ3v) is 1.48. The fourth-order valence-corrected chi connectivity index (χ4v) is 0.527. The summed E-state index contributed by atoms with van der Waals surface area (Å²) in [5.41, 5.74) is -0.901. The number of hydrogen-bond acceptors (Lipinski definition) is 2. The summed E-state index contributed by atoms with van der Waals surface area (Å²) in [6.07, 6.45) is 1.32. The lowest BCUT2D eigenvalue weighted by atomic mass is 10.4. The zero-order valence-electron chi connectivity index (χ0n) is 3.74. The Hall–Kier alpha value is -0.0800. The van der Waals surface area contributed by atoms with E-state index >= 15 is 0 Å². The van der Waals surface area contributed by atoms with Crippen molar-refractivity contribution in [3.8, 4) is 0 Å². The highest BCUT2D eigenvalue weighted by atomic mass is 35.5. The molecule has 0 radical (unpaired) electrons. The molecule has 1 aliphatic rings. The van der Waals surface area contributed by atoms with E-state index in [1.54, 1.807) is 0 Å². The van der Waals surface area contributed by atoms with Crippen molar-refractivity contribution in [1.82, 2.24) is 0 Å². The monoisotopic (exact) mass is 119 g/mol. The van der Waals surface area contributed by atoms with E-state index in [9.17, 15) is 0 Å². The molecule has 0 aromatic rings. The molecular weight excluding hydrogens is 114 g/mol. The second-order valence-corrected chi connectivity index (χ2v) is 2.22. The predicted octanol–water partition coefficient (Wildman–Crippen LogP) is 0.727. The van der Waals surface area contributed by atoms with E-state index in [4.69, 9.17) is 22.1 Å². The average molecular weight is 120 g/mol. The van der Waals surface area contributed by atoms with Crippen molar-refractivity contribution in [2.24, 2.45) is 0 Å². The van der Waals surface area contributed by atoms with Crippen molar-refractivity contribution in [3.63, 3.8) is 0 Å². The van der Waals surface area contributed by atoms with Gasteiger partial charge in [-0.05, 0) is 12.8 Å². The number of rotatable bonds is 1. The van der Waals surface area contributed by atoms with Gasteiger partial charge in [-0.15, -0.1) is 0 Å². The van der Waals surface area contributed by atoms with Crippen LogP contribution in [0.4, 0.5) is 0 Å². The van der Waals surface area contributed by atoms with Crippen LogP contribution < -0.4 is 0 Å². The fourth-order valence-electron chi connectivity index (χ4n) is 0.338. The second kappa shape index (κ2) is 1.20. The first-order valence-corrected chi connectivity index (χ1v) is 2.50. The molecule has 0 saturated heterocycles. The number of nitrogens with one attached hydrogen (secondary N) is 1. The van der Waals surface area contributed by atoms with Gasteiger partial charge in [-0.25, -0.2) is 0 Å². The van der Waals surface area contributed by atoms with Crippen LogP contribution in [0, 0.1) is 5.41 Å². The third kappa shape index (κ3) is 0.763. The van der Waals surface area contributed by atoms with Gasteiger partial charge < -0.3 is 5.11 Å². The van der Waals surface area contributed by atoms with Crippen LogP contribution in [-0.2, 0) is 0 Å². The Labute approximate surface area is 46.6 Å². The van der Waals surface area contributed by atoms with Crippen LogP contribution in [0.2, 0.25) is 0 Å². The van der Waals surface area contributed by atoms with E-state index in [-0.39, 0.29) is 5.17 Å². The van der Waals surface area contributed by atoms with Crippen molar-refractivity contribution < 1.29 is 5.11 Å². The van der Waals surface area contributed by atoms with Crippen molar-refractivity contribution in [1.29, 1.82) is 5.41 Å². The maximum Gasteiger partial charge on any atom is 0.129 e. The zero-order chi connectivity index (χ0) is 5.49. The quantitative estimate of drug-likeness (QED) is 0.491. The molecule has 0 aromatic heterocycles.